The van der Waals surface area contributed by atoms with Crippen LogP contribution in [-0.2, 0) is 17.9 Å². The molecule has 15 heteroatoms. The number of alkyl halides is 5. The molecular weight excluding hydrogens is 545 g/mol. The van der Waals surface area contributed by atoms with Gasteiger partial charge < -0.3 is 10.6 Å². The van der Waals surface area contributed by atoms with Crippen LogP contribution in [0.25, 0.3) is 0 Å². The van der Waals surface area contributed by atoms with Gasteiger partial charge in [-0.3, -0.25) is 24.4 Å². The lowest BCUT2D eigenvalue weighted by Crippen LogP contribution is -2.40. The van der Waals surface area contributed by atoms with Crippen molar-refractivity contribution in [3.8, 4) is 0 Å². The molecule has 0 atom stereocenters. The molecule has 0 bridgehead atoms. The van der Waals surface area contributed by atoms with Crippen molar-refractivity contribution in [2.75, 3.05) is 24.2 Å². The van der Waals surface area contributed by atoms with Gasteiger partial charge in [-0.25, -0.2) is 4.98 Å². The highest BCUT2D eigenvalue weighted by Crippen LogP contribution is 2.30. The number of carbonyl (C=O) groups excluding carboxylic acids is 1. The van der Waals surface area contributed by atoms with Gasteiger partial charge >= 0.3 is 12.1 Å². The summed E-state index contributed by atoms with van der Waals surface area (Å²) in [6, 6.07) is 6.22. The largest absolute Gasteiger partial charge is 0.398 e. The topological polar surface area (TPSA) is 99.5 Å². The van der Waals surface area contributed by atoms with Crippen LogP contribution in [0, 0.1) is 0 Å². The molecule has 0 spiro atoms. The fraction of sp³-hybridized carbons (Fsp3) is 0.318. The molecule has 0 fully saturated rings. The monoisotopic (exact) mass is 565 g/mol. The van der Waals surface area contributed by atoms with Crippen molar-refractivity contribution < 1.29 is 32.0 Å². The minimum atomic E-state index is -4.36. The zero-order valence-corrected chi connectivity index (χ0v) is 20.5. The van der Waals surface area contributed by atoms with Crippen molar-refractivity contribution in [1.29, 1.82) is 0 Å². The third-order valence-corrected chi connectivity index (χ3v) is 6.43. The molecule has 1 aromatic heterocycles. The van der Waals surface area contributed by atoms with Gasteiger partial charge in [0.15, 0.2) is 5.82 Å². The van der Waals surface area contributed by atoms with E-state index in [0.717, 1.165) is 16.8 Å². The molecule has 1 aliphatic heterocycles. The number of carbonyl (C=O) groups is 1. The van der Waals surface area contributed by atoms with Crippen LogP contribution in [0.2, 0.25) is 5.15 Å². The van der Waals surface area contributed by atoms with Crippen molar-refractivity contribution in [3.05, 3.63) is 75.5 Å². The minimum Gasteiger partial charge on any atom is -0.359 e. The number of benzene rings is 1. The zero-order valence-electron chi connectivity index (χ0n) is 18.9. The summed E-state index contributed by atoms with van der Waals surface area (Å²) in [4.78, 5) is 29.2. The van der Waals surface area contributed by atoms with E-state index < -0.39 is 53.9 Å². The Morgan fingerprint density at radius 1 is 1.22 bits per heavy atom. The van der Waals surface area contributed by atoms with Gasteiger partial charge in [0.2, 0.25) is 5.91 Å². The van der Waals surface area contributed by atoms with Crippen molar-refractivity contribution >= 4 is 35.1 Å². The van der Waals surface area contributed by atoms with E-state index in [1.54, 1.807) is 18.2 Å². The van der Waals surface area contributed by atoms with Gasteiger partial charge in [-0.15, -0.1) is 11.8 Å². The van der Waals surface area contributed by atoms with E-state index in [9.17, 15) is 36.7 Å². The van der Waals surface area contributed by atoms with Gasteiger partial charge in [-0.05, 0) is 17.7 Å². The van der Waals surface area contributed by atoms with Crippen LogP contribution < -0.4 is 16.2 Å². The predicted molar refractivity (Wildman–Crippen MR) is 128 cm³/mol. The van der Waals surface area contributed by atoms with Gasteiger partial charge in [0.1, 0.15) is 17.4 Å². The molecule has 0 unspecified atom stereocenters. The number of nitrogens with one attached hydrogen (secondary N) is 2. The van der Waals surface area contributed by atoms with Crippen molar-refractivity contribution in [1.82, 2.24) is 19.9 Å². The molecule has 37 heavy (non-hydrogen) atoms. The van der Waals surface area contributed by atoms with Crippen molar-refractivity contribution in [2.24, 2.45) is 0 Å². The summed E-state index contributed by atoms with van der Waals surface area (Å²) in [7, 11) is 0. The fourth-order valence-corrected chi connectivity index (χ4v) is 4.18. The number of allylic oxidation sites excluding steroid dienone is 2. The molecule has 1 aliphatic rings. The normalized spacial score (nSPS) is 13.9. The zero-order chi connectivity index (χ0) is 27.2. The Bertz CT molecular complexity index is 1250. The number of rotatable bonds is 10. The van der Waals surface area contributed by atoms with E-state index >= 15 is 0 Å². The van der Waals surface area contributed by atoms with E-state index in [-0.39, 0.29) is 18.2 Å². The highest BCUT2D eigenvalue weighted by molar-refractivity contribution is 7.99. The van der Waals surface area contributed by atoms with Crippen LogP contribution in [0.3, 0.4) is 0 Å². The first-order chi connectivity index (χ1) is 17.4. The summed E-state index contributed by atoms with van der Waals surface area (Å²) in [5.41, 5.74) is -1.18. The summed E-state index contributed by atoms with van der Waals surface area (Å²) in [5.74, 6) is -5.86. The number of hydrogen-bond donors (Lipinski definition) is 3. The van der Waals surface area contributed by atoms with E-state index in [1.165, 1.54) is 18.2 Å². The first-order valence-corrected chi connectivity index (χ1v) is 12.0. The summed E-state index contributed by atoms with van der Waals surface area (Å²) in [6.45, 7) is -1.92. The number of aromatic nitrogens is 2. The molecule has 0 radical (unpaired) electrons. The first-order valence-electron chi connectivity index (χ1n) is 10.6. The van der Waals surface area contributed by atoms with Gasteiger partial charge in [-0.1, -0.05) is 42.0 Å². The first kappa shape index (κ1) is 28.5. The Morgan fingerprint density at radius 2 is 1.95 bits per heavy atom. The second kappa shape index (κ2) is 12.0. The Kier molecular flexibility index (Phi) is 9.21. The van der Waals surface area contributed by atoms with Crippen LogP contribution in [0.15, 0.2) is 64.1 Å². The highest BCUT2D eigenvalue weighted by atomic mass is 35.5. The molecular formula is C22H21ClF5N5O3S. The number of hydroxylamine groups is 2. The molecule has 1 aromatic carbocycles. The number of halogens is 6. The van der Waals surface area contributed by atoms with E-state index in [2.05, 4.69) is 15.6 Å². The molecule has 200 valence electrons. The Hall–Kier alpha value is -3.10. The summed E-state index contributed by atoms with van der Waals surface area (Å²) >= 11 is 6.56. The van der Waals surface area contributed by atoms with Crippen LogP contribution in [0.5, 0.6) is 0 Å². The third kappa shape index (κ3) is 7.94. The molecule has 8 nitrogen and oxygen atoms in total. The van der Waals surface area contributed by atoms with Gasteiger partial charge in [0.05, 0.1) is 25.0 Å². The second-order valence-corrected chi connectivity index (χ2v) is 9.13. The van der Waals surface area contributed by atoms with E-state index in [0.29, 0.717) is 27.3 Å². The van der Waals surface area contributed by atoms with Crippen LogP contribution >= 0.6 is 23.4 Å². The number of nitrogens with zero attached hydrogens (tertiary/aromatic N) is 3. The molecule has 2 aromatic rings. The average Bonchev–Trinajstić information content (AvgIpc) is 2.83. The maximum absolute atomic E-state index is 14.5. The number of anilines is 1. The maximum atomic E-state index is 14.5. The number of thioether (sulfide) groups is 1. The van der Waals surface area contributed by atoms with Gasteiger partial charge in [0, 0.05) is 11.4 Å². The van der Waals surface area contributed by atoms with Crippen LogP contribution in [0.4, 0.5) is 27.8 Å². The van der Waals surface area contributed by atoms with Crippen molar-refractivity contribution in [2.45, 2.75) is 30.1 Å². The molecule has 3 N–H and O–H groups in total. The number of hydrogen-bond acceptors (Lipinski definition) is 7. The van der Waals surface area contributed by atoms with Crippen LogP contribution in [0.1, 0.15) is 5.56 Å². The molecule has 1 amide bonds. The van der Waals surface area contributed by atoms with Crippen molar-refractivity contribution in [3.63, 3.8) is 0 Å². The molecule has 0 saturated carbocycles. The Morgan fingerprint density at radius 3 is 2.65 bits per heavy atom. The predicted octanol–water partition coefficient (Wildman–Crippen LogP) is 4.06. The quantitative estimate of drug-likeness (QED) is 0.295. The smallest absolute Gasteiger partial charge is 0.359 e. The fourth-order valence-electron chi connectivity index (χ4n) is 3.18. The standard InChI is InChI=1S/C22H21ClF5N5O3S/c23-17-10-30-19(31-12-21(24,25)16-7-3-4-8-33(16)36)20(35)32(17)11-18(34)29-9-14-5-1-2-6-15(14)37-13-22(26,27)28/h1-7,10,36H,8-9,11-13H2,(H,29,34)(H,30,31). The maximum Gasteiger partial charge on any atom is 0.398 e. The SMILES string of the molecule is O=C(Cn1c(Cl)cnc(NCC(F)(F)C2=CC=CCN2O)c1=O)NCc1ccccc1SCC(F)(F)F. The second-order valence-electron chi connectivity index (χ2n) is 7.73. The van der Waals surface area contributed by atoms with E-state index in [4.69, 9.17) is 11.6 Å². The van der Waals surface area contributed by atoms with Crippen LogP contribution in [-0.4, -0.2) is 56.7 Å². The minimum absolute atomic E-state index is 0.115. The average molecular weight is 566 g/mol. The summed E-state index contributed by atoms with van der Waals surface area (Å²) in [6.07, 6.45) is 0.494. The summed E-state index contributed by atoms with van der Waals surface area (Å²) in [5, 5.41) is 14.5. The lowest BCUT2D eigenvalue weighted by molar-refractivity contribution is -0.121. The Labute approximate surface area is 216 Å². The Balaban J connectivity index is 1.65. The van der Waals surface area contributed by atoms with Gasteiger partial charge in [-0.2, -0.15) is 22.0 Å². The molecule has 0 aliphatic carbocycles. The van der Waals surface area contributed by atoms with Gasteiger partial charge in [0.25, 0.3) is 5.56 Å². The number of amides is 1. The summed E-state index contributed by atoms with van der Waals surface area (Å²) < 4.78 is 67.5. The van der Waals surface area contributed by atoms with E-state index in [1.807, 2.05) is 0 Å². The lowest BCUT2D eigenvalue weighted by Gasteiger charge is -2.28. The molecule has 3 rings (SSSR count). The molecule has 0 saturated heterocycles. The highest BCUT2D eigenvalue weighted by Gasteiger charge is 2.38. The third-order valence-electron chi connectivity index (χ3n) is 4.95. The lowest BCUT2D eigenvalue weighted by atomic mass is 10.1. The molecule has 2 heterocycles.